The van der Waals surface area contributed by atoms with Crippen LogP contribution < -0.4 is 0 Å². The number of ether oxygens (including phenoxy) is 2. The minimum atomic E-state index is -0.830. The predicted octanol–water partition coefficient (Wildman–Crippen LogP) is 3.23. The van der Waals surface area contributed by atoms with Gasteiger partial charge >= 0.3 is 0 Å². The summed E-state index contributed by atoms with van der Waals surface area (Å²) in [5.74, 6) is 0. The molecule has 1 saturated heterocycles. The third-order valence-electron chi connectivity index (χ3n) is 1.92. The summed E-state index contributed by atoms with van der Waals surface area (Å²) >= 11 is 0. The fourth-order valence-corrected chi connectivity index (χ4v) is 2.29. The Labute approximate surface area is 104 Å². The lowest BCUT2D eigenvalue weighted by molar-refractivity contribution is 0.117. The molecule has 1 aliphatic rings. The molecule has 0 aromatic carbocycles. The average Bonchev–Trinajstić information content (AvgIpc) is 2.84. The average molecular weight is 263 g/mol. The van der Waals surface area contributed by atoms with Gasteiger partial charge in [-0.25, -0.2) is 0 Å². The molecule has 0 spiro atoms. The molecule has 0 saturated carbocycles. The van der Waals surface area contributed by atoms with Crippen molar-refractivity contribution in [2.75, 3.05) is 19.8 Å². The van der Waals surface area contributed by atoms with Gasteiger partial charge in [-0.15, -0.1) is 0 Å². The van der Waals surface area contributed by atoms with Crippen molar-refractivity contribution in [1.29, 1.82) is 0 Å². The Balaban J connectivity index is 0.000000487. The summed E-state index contributed by atoms with van der Waals surface area (Å²) in [6, 6.07) is 1.37. The number of hydrogen-bond acceptors (Lipinski definition) is 2. The van der Waals surface area contributed by atoms with Crippen LogP contribution in [-0.4, -0.2) is 42.8 Å². The molecule has 0 radical (unpaired) electrons. The maximum Gasteiger partial charge on any atom is 0.104 e. The summed E-state index contributed by atoms with van der Waals surface area (Å²) < 4.78 is 10.5. The van der Waals surface area contributed by atoms with E-state index in [0.29, 0.717) is 6.10 Å². The monoisotopic (exact) mass is 262 g/mol. The van der Waals surface area contributed by atoms with Crippen LogP contribution in [0, 0.1) is 0 Å². The van der Waals surface area contributed by atoms with E-state index in [9.17, 15) is 0 Å². The van der Waals surface area contributed by atoms with Crippen molar-refractivity contribution in [2.45, 2.75) is 57.9 Å². The van der Waals surface area contributed by atoms with Gasteiger partial charge in [0.2, 0.25) is 0 Å². The van der Waals surface area contributed by atoms with Gasteiger partial charge in [-0.05, 0) is 6.42 Å². The van der Waals surface area contributed by atoms with Crippen molar-refractivity contribution >= 4 is 16.9 Å². The lowest BCUT2D eigenvalue weighted by Gasteiger charge is -2.14. The van der Waals surface area contributed by atoms with E-state index in [-0.39, 0.29) is 8.80 Å². The van der Waals surface area contributed by atoms with Crippen LogP contribution in [0.2, 0.25) is 45.3 Å². The van der Waals surface area contributed by atoms with Gasteiger partial charge in [0, 0.05) is 23.5 Å². The maximum absolute atomic E-state index is 5.45. The molecule has 1 heterocycles. The lowest BCUT2D eigenvalue weighted by atomic mass is 10.5. The van der Waals surface area contributed by atoms with Gasteiger partial charge in [-0.2, -0.15) is 0 Å². The Morgan fingerprint density at radius 3 is 2.12 bits per heavy atom. The van der Waals surface area contributed by atoms with Crippen LogP contribution in [0.5, 0.6) is 0 Å². The molecule has 0 N–H and O–H groups in total. The van der Waals surface area contributed by atoms with Gasteiger partial charge in [0.25, 0.3) is 0 Å². The smallest absolute Gasteiger partial charge is 0.104 e. The van der Waals surface area contributed by atoms with E-state index in [4.69, 9.17) is 9.47 Å². The van der Waals surface area contributed by atoms with Gasteiger partial charge in [-0.3, -0.25) is 0 Å². The largest absolute Gasteiger partial charge is 0.379 e. The zero-order valence-corrected chi connectivity index (χ0v) is 14.2. The van der Waals surface area contributed by atoms with Crippen LogP contribution in [0.4, 0.5) is 0 Å². The van der Waals surface area contributed by atoms with Crippen molar-refractivity contribution < 1.29 is 9.47 Å². The quantitative estimate of drug-likeness (QED) is 0.416. The zero-order chi connectivity index (χ0) is 12.6. The minimum Gasteiger partial charge on any atom is -0.379 e. The van der Waals surface area contributed by atoms with Crippen LogP contribution in [0.3, 0.4) is 0 Å². The summed E-state index contributed by atoms with van der Waals surface area (Å²) in [6.07, 6.45) is 1.65. The fraction of sp³-hybridized carbons (Fsp3) is 1.00. The van der Waals surface area contributed by atoms with E-state index >= 15 is 0 Å². The third-order valence-corrected chi connectivity index (χ3v) is 3.78. The Morgan fingerprint density at radius 1 is 1.25 bits per heavy atom. The minimum absolute atomic E-state index is 0.139. The Hall–Kier alpha value is 0.354. The topological polar surface area (TPSA) is 21.8 Å². The molecule has 2 nitrogen and oxygen atoms in total. The van der Waals surface area contributed by atoms with Crippen LogP contribution in [0.1, 0.15) is 6.42 Å². The van der Waals surface area contributed by atoms with Gasteiger partial charge in [0.15, 0.2) is 0 Å². The highest BCUT2D eigenvalue weighted by Crippen LogP contribution is 2.12. The van der Waals surface area contributed by atoms with Crippen molar-refractivity contribution in [2.24, 2.45) is 0 Å². The van der Waals surface area contributed by atoms with Gasteiger partial charge in [-0.1, -0.05) is 45.3 Å². The second-order valence-electron chi connectivity index (χ2n) is 6.43. The number of epoxide rings is 1. The van der Waals surface area contributed by atoms with Crippen LogP contribution in [0.15, 0.2) is 0 Å². The first-order chi connectivity index (χ1) is 7.31. The normalized spacial score (nSPS) is 19.3. The molecule has 1 aliphatic heterocycles. The van der Waals surface area contributed by atoms with Crippen molar-refractivity contribution in [1.82, 2.24) is 0 Å². The van der Waals surface area contributed by atoms with Gasteiger partial charge in [0.05, 0.1) is 13.2 Å². The second-order valence-corrected chi connectivity index (χ2v) is 15.5. The van der Waals surface area contributed by atoms with E-state index in [1.165, 1.54) is 12.5 Å². The van der Waals surface area contributed by atoms with Crippen molar-refractivity contribution in [3.8, 4) is 0 Å². The molecule has 0 aromatic rings. The van der Waals surface area contributed by atoms with Crippen LogP contribution in [0.25, 0.3) is 0 Å². The summed E-state index contributed by atoms with van der Waals surface area (Å²) in [6.45, 7) is 16.8. The molecular weight excluding hydrogens is 232 g/mol. The van der Waals surface area contributed by atoms with E-state index in [1.807, 2.05) is 0 Å². The molecule has 4 heteroatoms. The molecule has 0 aliphatic carbocycles. The van der Waals surface area contributed by atoms with Crippen LogP contribution >= 0.6 is 0 Å². The summed E-state index contributed by atoms with van der Waals surface area (Å²) in [5.41, 5.74) is 0. The van der Waals surface area contributed by atoms with E-state index in [2.05, 4.69) is 39.3 Å². The first-order valence-corrected chi connectivity index (χ1v) is 13.7. The molecule has 98 valence electrons. The fourth-order valence-electron chi connectivity index (χ4n) is 1.08. The molecule has 1 atom stereocenters. The molecule has 1 unspecified atom stereocenters. The third kappa shape index (κ3) is 16.8. The molecule has 1 fully saturated rings. The number of rotatable bonds is 6. The molecule has 1 rings (SSSR count). The Kier molecular flexibility index (Phi) is 8.63. The van der Waals surface area contributed by atoms with E-state index in [0.717, 1.165) is 19.8 Å². The zero-order valence-electron chi connectivity index (χ0n) is 12.0. The molecule has 0 amide bonds. The van der Waals surface area contributed by atoms with Gasteiger partial charge < -0.3 is 9.47 Å². The molecular formula is C12H30O2Si2. The second kappa shape index (κ2) is 8.45. The van der Waals surface area contributed by atoms with Gasteiger partial charge in [0.1, 0.15) is 6.10 Å². The predicted molar refractivity (Wildman–Crippen MR) is 78.1 cm³/mol. The van der Waals surface area contributed by atoms with Crippen molar-refractivity contribution in [3.05, 3.63) is 0 Å². The highest BCUT2D eigenvalue weighted by atomic mass is 28.3. The number of hydrogen-bond donors (Lipinski definition) is 0. The molecule has 0 aromatic heterocycles. The van der Waals surface area contributed by atoms with Crippen LogP contribution in [-0.2, 0) is 9.47 Å². The molecule has 16 heavy (non-hydrogen) atoms. The summed E-state index contributed by atoms with van der Waals surface area (Å²) in [7, 11) is -0.969. The first-order valence-electron chi connectivity index (χ1n) is 6.50. The highest BCUT2D eigenvalue weighted by molar-refractivity contribution is 6.76. The standard InChI is InChI=1S/C9H20O2Si.C3H10Si/c1-12(2,3)6-4-5-10-7-9-8-11-9;1-4(2)3/h9H,4-8H2,1-3H3;4H,1-3H3. The van der Waals surface area contributed by atoms with Crippen molar-refractivity contribution in [3.63, 3.8) is 0 Å². The SMILES string of the molecule is C[SiH](C)C.C[Si](C)(C)CCCOCC1CO1. The first kappa shape index (κ1) is 16.4. The Bertz CT molecular complexity index is 160. The summed E-state index contributed by atoms with van der Waals surface area (Å²) in [4.78, 5) is 0. The lowest BCUT2D eigenvalue weighted by Crippen LogP contribution is -2.19. The molecule has 0 bridgehead atoms. The Morgan fingerprint density at radius 2 is 1.75 bits per heavy atom. The van der Waals surface area contributed by atoms with E-state index in [1.54, 1.807) is 0 Å². The highest BCUT2D eigenvalue weighted by Gasteiger charge is 2.22. The van der Waals surface area contributed by atoms with E-state index < -0.39 is 8.07 Å². The summed E-state index contributed by atoms with van der Waals surface area (Å²) in [5, 5.41) is 0. The maximum atomic E-state index is 5.45.